The lowest BCUT2D eigenvalue weighted by Gasteiger charge is -2.22. The summed E-state index contributed by atoms with van der Waals surface area (Å²) in [4.78, 5) is 2.60. The standard InChI is InChI=1S/C17H16ClNS.ClH/c1-19-10-4-6-13-14-5-2-3-7-16(14)20-17-9-8-12(18)11-15(13)17;/h2-3,5-9,11,19H,4,10H2,1H3;1H/b13-6-;. The van der Waals surface area contributed by atoms with E-state index in [2.05, 4.69) is 47.8 Å². The summed E-state index contributed by atoms with van der Waals surface area (Å²) in [7, 11) is 1.98. The van der Waals surface area contributed by atoms with Gasteiger partial charge in [0.1, 0.15) is 0 Å². The van der Waals surface area contributed by atoms with Crippen molar-refractivity contribution in [1.29, 1.82) is 0 Å². The van der Waals surface area contributed by atoms with Crippen LogP contribution in [-0.2, 0) is 0 Å². The van der Waals surface area contributed by atoms with Crippen LogP contribution in [0.1, 0.15) is 17.5 Å². The van der Waals surface area contributed by atoms with E-state index in [1.54, 1.807) is 0 Å². The van der Waals surface area contributed by atoms with Gasteiger partial charge in [-0.25, -0.2) is 0 Å². The van der Waals surface area contributed by atoms with Gasteiger partial charge in [-0.2, -0.15) is 0 Å². The SMILES string of the molecule is CNCC/C=C1/c2ccccc2Sc2ccc(Cl)cc21.Cl. The highest BCUT2D eigenvalue weighted by molar-refractivity contribution is 7.99. The van der Waals surface area contributed by atoms with E-state index in [9.17, 15) is 0 Å². The Morgan fingerprint density at radius 1 is 1.10 bits per heavy atom. The molecule has 1 aliphatic heterocycles. The summed E-state index contributed by atoms with van der Waals surface area (Å²) in [6.07, 6.45) is 3.32. The molecule has 0 spiro atoms. The second kappa shape index (κ2) is 7.37. The lowest BCUT2D eigenvalue weighted by molar-refractivity contribution is 0.808. The Hall–Kier alpha value is -0.930. The smallest absolute Gasteiger partial charge is 0.0412 e. The molecule has 3 rings (SSSR count). The Labute approximate surface area is 141 Å². The predicted molar refractivity (Wildman–Crippen MR) is 94.9 cm³/mol. The van der Waals surface area contributed by atoms with Crippen LogP contribution in [0, 0.1) is 0 Å². The molecule has 0 aromatic heterocycles. The molecule has 1 nitrogen and oxygen atoms in total. The van der Waals surface area contributed by atoms with Gasteiger partial charge >= 0.3 is 0 Å². The molecule has 0 amide bonds. The van der Waals surface area contributed by atoms with Crippen LogP contribution in [0.3, 0.4) is 0 Å². The number of rotatable bonds is 3. The van der Waals surface area contributed by atoms with Gasteiger partial charge in [0, 0.05) is 14.8 Å². The lowest BCUT2D eigenvalue weighted by Crippen LogP contribution is -2.07. The average molecular weight is 338 g/mol. The van der Waals surface area contributed by atoms with Crippen LogP contribution in [0.4, 0.5) is 0 Å². The lowest BCUT2D eigenvalue weighted by atomic mass is 9.96. The molecular formula is C17H17Cl2NS. The third-order valence-electron chi connectivity index (χ3n) is 3.37. The van der Waals surface area contributed by atoms with Crippen molar-refractivity contribution in [3.8, 4) is 0 Å². The summed E-state index contributed by atoms with van der Waals surface area (Å²) in [5, 5.41) is 3.99. The van der Waals surface area contributed by atoms with Gasteiger partial charge in [0.15, 0.2) is 0 Å². The number of hydrogen-bond donors (Lipinski definition) is 1. The summed E-state index contributed by atoms with van der Waals surface area (Å²) in [5.74, 6) is 0. The summed E-state index contributed by atoms with van der Waals surface area (Å²) in [5.41, 5.74) is 3.85. The first kappa shape index (κ1) is 16.4. The molecule has 1 N–H and O–H groups in total. The van der Waals surface area contributed by atoms with Crippen LogP contribution in [-0.4, -0.2) is 13.6 Å². The van der Waals surface area contributed by atoms with Gasteiger partial charge in [0.25, 0.3) is 0 Å². The molecule has 0 atom stereocenters. The Kier molecular flexibility index (Phi) is 5.77. The minimum atomic E-state index is 0. The highest BCUT2D eigenvalue weighted by atomic mass is 35.5. The fourth-order valence-corrected chi connectivity index (χ4v) is 3.68. The molecule has 0 aliphatic carbocycles. The van der Waals surface area contributed by atoms with Crippen LogP contribution >= 0.6 is 35.8 Å². The first-order valence-electron chi connectivity index (χ1n) is 6.71. The maximum absolute atomic E-state index is 6.18. The molecule has 21 heavy (non-hydrogen) atoms. The first-order chi connectivity index (χ1) is 9.79. The van der Waals surface area contributed by atoms with E-state index in [4.69, 9.17) is 11.6 Å². The van der Waals surface area contributed by atoms with Crippen molar-refractivity contribution >= 4 is 41.3 Å². The number of fused-ring (bicyclic) bond motifs is 2. The molecule has 0 fully saturated rings. The van der Waals surface area contributed by atoms with Crippen LogP contribution < -0.4 is 5.32 Å². The monoisotopic (exact) mass is 337 g/mol. The van der Waals surface area contributed by atoms with Gasteiger partial charge in [0.05, 0.1) is 0 Å². The van der Waals surface area contributed by atoms with Gasteiger partial charge in [-0.3, -0.25) is 0 Å². The zero-order chi connectivity index (χ0) is 13.9. The molecule has 2 aromatic rings. The van der Waals surface area contributed by atoms with E-state index in [-0.39, 0.29) is 12.4 Å². The molecule has 0 unspecified atom stereocenters. The molecule has 0 radical (unpaired) electrons. The highest BCUT2D eigenvalue weighted by Crippen LogP contribution is 2.46. The maximum atomic E-state index is 6.18. The Morgan fingerprint density at radius 3 is 2.67 bits per heavy atom. The third-order valence-corrected chi connectivity index (χ3v) is 4.76. The quantitative estimate of drug-likeness (QED) is 0.653. The van der Waals surface area contributed by atoms with Crippen molar-refractivity contribution in [3.63, 3.8) is 0 Å². The number of halogens is 2. The predicted octanol–water partition coefficient (Wildman–Crippen LogP) is 5.27. The topological polar surface area (TPSA) is 12.0 Å². The highest BCUT2D eigenvalue weighted by Gasteiger charge is 2.20. The largest absolute Gasteiger partial charge is 0.319 e. The molecule has 0 bridgehead atoms. The summed E-state index contributed by atoms with van der Waals surface area (Å²) in [6, 6.07) is 14.7. The van der Waals surface area contributed by atoms with Crippen LogP contribution in [0.15, 0.2) is 58.3 Å². The van der Waals surface area contributed by atoms with Gasteiger partial charge < -0.3 is 5.32 Å². The second-order valence-corrected chi connectivity index (χ2v) is 6.27. The Morgan fingerprint density at radius 2 is 1.86 bits per heavy atom. The van der Waals surface area contributed by atoms with E-state index in [1.807, 2.05) is 24.9 Å². The molecule has 4 heteroatoms. The first-order valence-corrected chi connectivity index (χ1v) is 7.91. The van der Waals surface area contributed by atoms with Crippen molar-refractivity contribution in [2.24, 2.45) is 0 Å². The third kappa shape index (κ3) is 3.46. The number of benzene rings is 2. The van der Waals surface area contributed by atoms with Gasteiger partial charge in [-0.15, -0.1) is 12.4 Å². The minimum absolute atomic E-state index is 0. The second-order valence-electron chi connectivity index (χ2n) is 4.75. The van der Waals surface area contributed by atoms with Crippen LogP contribution in [0.25, 0.3) is 5.57 Å². The number of hydrogen-bond acceptors (Lipinski definition) is 2. The van der Waals surface area contributed by atoms with E-state index < -0.39 is 0 Å². The Balaban J connectivity index is 0.00000161. The Bertz CT molecular complexity index is 668. The fraction of sp³-hybridized carbons (Fsp3) is 0.176. The fourth-order valence-electron chi connectivity index (χ4n) is 2.42. The molecule has 0 saturated carbocycles. The van der Waals surface area contributed by atoms with Crippen molar-refractivity contribution in [1.82, 2.24) is 5.32 Å². The summed E-state index contributed by atoms with van der Waals surface area (Å²) in [6.45, 7) is 0.981. The summed E-state index contributed by atoms with van der Waals surface area (Å²) < 4.78 is 0. The van der Waals surface area contributed by atoms with Crippen molar-refractivity contribution < 1.29 is 0 Å². The molecule has 0 saturated heterocycles. The zero-order valence-corrected chi connectivity index (χ0v) is 14.1. The van der Waals surface area contributed by atoms with E-state index in [0.717, 1.165) is 18.0 Å². The van der Waals surface area contributed by atoms with Crippen LogP contribution in [0.2, 0.25) is 5.02 Å². The molecule has 2 aromatic carbocycles. The molecule has 110 valence electrons. The average Bonchev–Trinajstić information content (AvgIpc) is 2.47. The van der Waals surface area contributed by atoms with Gasteiger partial charge in [-0.1, -0.05) is 47.6 Å². The normalized spacial score (nSPS) is 14.3. The summed E-state index contributed by atoms with van der Waals surface area (Å²) >= 11 is 8.00. The molecule has 1 aliphatic rings. The maximum Gasteiger partial charge on any atom is 0.0412 e. The molecule has 1 heterocycles. The van der Waals surface area contributed by atoms with Gasteiger partial charge in [-0.05, 0) is 61.0 Å². The zero-order valence-electron chi connectivity index (χ0n) is 11.7. The van der Waals surface area contributed by atoms with E-state index in [1.165, 1.54) is 26.5 Å². The van der Waals surface area contributed by atoms with E-state index >= 15 is 0 Å². The van der Waals surface area contributed by atoms with Crippen LogP contribution in [0.5, 0.6) is 0 Å². The van der Waals surface area contributed by atoms with Crippen molar-refractivity contribution in [2.75, 3.05) is 13.6 Å². The minimum Gasteiger partial charge on any atom is -0.319 e. The van der Waals surface area contributed by atoms with Crippen molar-refractivity contribution in [3.05, 3.63) is 64.7 Å². The molecular weight excluding hydrogens is 321 g/mol. The number of nitrogens with one attached hydrogen (secondary N) is 1. The van der Waals surface area contributed by atoms with E-state index in [0.29, 0.717) is 0 Å². The van der Waals surface area contributed by atoms with Gasteiger partial charge in [0.2, 0.25) is 0 Å². The van der Waals surface area contributed by atoms with Crippen molar-refractivity contribution in [2.45, 2.75) is 16.2 Å².